The van der Waals surface area contributed by atoms with Gasteiger partial charge in [-0.1, -0.05) is 35.9 Å². The highest BCUT2D eigenvalue weighted by atomic mass is 35.5. The van der Waals surface area contributed by atoms with Crippen molar-refractivity contribution < 1.29 is 18.8 Å². The molecule has 3 amide bonds. The molecule has 1 aliphatic heterocycles. The lowest BCUT2D eigenvalue weighted by Gasteiger charge is -2.23. The number of hydrogen-bond acceptors (Lipinski definition) is 3. The molecule has 2 aromatic carbocycles. The van der Waals surface area contributed by atoms with Gasteiger partial charge in [-0.15, -0.1) is 0 Å². The highest BCUT2D eigenvalue weighted by Crippen LogP contribution is 2.21. The summed E-state index contributed by atoms with van der Waals surface area (Å²) in [6.07, 6.45) is 0.552. The summed E-state index contributed by atoms with van der Waals surface area (Å²) in [6, 6.07) is 12.8. The minimum atomic E-state index is -0.664. The molecule has 8 heteroatoms. The minimum absolute atomic E-state index is 0.0656. The number of hydrogen-bond donors (Lipinski definition) is 1. The standard InChI is InChI=1S/C21H21ClFN3O3/c22-16-8-4-9-17(23)19(16)21(29)26-11-5-10-25(12-13-26)18(27)14-24-20(28)15-6-2-1-3-7-15/h1-4,6-9H,5,10-14H2,(H,24,28). The van der Waals surface area contributed by atoms with Gasteiger partial charge in [0, 0.05) is 31.7 Å². The molecule has 1 N–H and O–H groups in total. The van der Waals surface area contributed by atoms with Crippen molar-refractivity contribution in [1.82, 2.24) is 15.1 Å². The first-order chi connectivity index (χ1) is 14.0. The smallest absolute Gasteiger partial charge is 0.258 e. The van der Waals surface area contributed by atoms with E-state index in [2.05, 4.69) is 5.32 Å². The van der Waals surface area contributed by atoms with Crippen LogP contribution in [-0.4, -0.2) is 60.2 Å². The molecule has 0 unspecified atom stereocenters. The van der Waals surface area contributed by atoms with Crippen molar-refractivity contribution in [3.8, 4) is 0 Å². The maximum Gasteiger partial charge on any atom is 0.258 e. The quantitative estimate of drug-likeness (QED) is 0.831. The highest BCUT2D eigenvalue weighted by Gasteiger charge is 2.26. The first-order valence-corrected chi connectivity index (χ1v) is 9.69. The molecule has 1 fully saturated rings. The summed E-state index contributed by atoms with van der Waals surface area (Å²) < 4.78 is 14.0. The Hall–Kier alpha value is -2.93. The second-order valence-corrected chi connectivity index (χ2v) is 7.08. The summed E-state index contributed by atoms with van der Waals surface area (Å²) >= 11 is 5.99. The number of nitrogens with one attached hydrogen (secondary N) is 1. The second-order valence-electron chi connectivity index (χ2n) is 6.67. The Bertz CT molecular complexity index is 887. The fraction of sp³-hybridized carbons (Fsp3) is 0.286. The third-order valence-electron chi connectivity index (χ3n) is 4.75. The maximum absolute atomic E-state index is 14.0. The van der Waals surface area contributed by atoms with E-state index in [4.69, 9.17) is 11.6 Å². The molecule has 0 spiro atoms. The molecule has 1 saturated heterocycles. The first kappa shape index (κ1) is 20.8. The minimum Gasteiger partial charge on any atom is -0.343 e. The Morgan fingerprint density at radius 2 is 1.62 bits per heavy atom. The van der Waals surface area contributed by atoms with Gasteiger partial charge in [-0.25, -0.2) is 4.39 Å². The van der Waals surface area contributed by atoms with Gasteiger partial charge in [-0.2, -0.15) is 0 Å². The lowest BCUT2D eigenvalue weighted by atomic mass is 10.1. The largest absolute Gasteiger partial charge is 0.343 e. The van der Waals surface area contributed by atoms with Crippen LogP contribution in [0.15, 0.2) is 48.5 Å². The van der Waals surface area contributed by atoms with Gasteiger partial charge in [0.05, 0.1) is 17.1 Å². The van der Waals surface area contributed by atoms with Crippen LogP contribution in [0.5, 0.6) is 0 Å². The summed E-state index contributed by atoms with van der Waals surface area (Å²) in [6.45, 7) is 1.29. The van der Waals surface area contributed by atoms with Gasteiger partial charge in [0.1, 0.15) is 5.82 Å². The molecule has 0 atom stereocenters. The summed E-state index contributed by atoms with van der Waals surface area (Å²) in [5, 5.41) is 2.68. The highest BCUT2D eigenvalue weighted by molar-refractivity contribution is 6.33. The predicted octanol–water partition coefficient (Wildman–Crippen LogP) is 2.58. The Labute approximate surface area is 173 Å². The van der Waals surface area contributed by atoms with Crippen molar-refractivity contribution in [2.24, 2.45) is 0 Å². The molecule has 0 aliphatic carbocycles. The first-order valence-electron chi connectivity index (χ1n) is 9.31. The predicted molar refractivity (Wildman–Crippen MR) is 107 cm³/mol. The Kier molecular flexibility index (Phi) is 6.82. The SMILES string of the molecule is O=C(NCC(=O)N1CCCN(C(=O)c2c(F)cccc2Cl)CC1)c1ccccc1. The molecule has 1 heterocycles. The third-order valence-corrected chi connectivity index (χ3v) is 5.06. The van der Waals surface area contributed by atoms with E-state index < -0.39 is 11.7 Å². The number of benzene rings is 2. The van der Waals surface area contributed by atoms with Crippen LogP contribution in [0.4, 0.5) is 4.39 Å². The molecule has 29 heavy (non-hydrogen) atoms. The molecule has 2 aromatic rings. The van der Waals surface area contributed by atoms with Crippen molar-refractivity contribution in [3.63, 3.8) is 0 Å². The number of nitrogens with zero attached hydrogens (tertiary/aromatic N) is 2. The maximum atomic E-state index is 14.0. The number of rotatable bonds is 4. The van der Waals surface area contributed by atoms with Gasteiger partial charge >= 0.3 is 0 Å². The second kappa shape index (κ2) is 9.52. The topological polar surface area (TPSA) is 69.7 Å². The molecule has 0 aromatic heterocycles. The molecule has 0 bridgehead atoms. The number of carbonyl (C=O) groups excluding carboxylic acids is 3. The van der Waals surface area contributed by atoms with E-state index in [1.54, 1.807) is 35.2 Å². The molecule has 0 radical (unpaired) electrons. The number of amides is 3. The van der Waals surface area contributed by atoms with Gasteiger partial charge in [0.2, 0.25) is 5.91 Å². The van der Waals surface area contributed by atoms with E-state index in [9.17, 15) is 18.8 Å². The van der Waals surface area contributed by atoms with Gasteiger partial charge in [-0.05, 0) is 30.7 Å². The zero-order valence-electron chi connectivity index (χ0n) is 15.7. The summed E-state index contributed by atoms with van der Waals surface area (Å²) in [5.74, 6) is -1.70. The van der Waals surface area contributed by atoms with Crippen molar-refractivity contribution in [3.05, 3.63) is 70.5 Å². The van der Waals surface area contributed by atoms with Crippen LogP contribution in [0, 0.1) is 5.82 Å². The average Bonchev–Trinajstić information content (AvgIpc) is 2.98. The van der Waals surface area contributed by atoms with Gasteiger partial charge < -0.3 is 15.1 Å². The fourth-order valence-electron chi connectivity index (χ4n) is 3.19. The van der Waals surface area contributed by atoms with Crippen molar-refractivity contribution >= 4 is 29.3 Å². The Morgan fingerprint density at radius 3 is 2.34 bits per heavy atom. The fourth-order valence-corrected chi connectivity index (χ4v) is 3.43. The van der Waals surface area contributed by atoms with Crippen LogP contribution in [0.25, 0.3) is 0 Å². The molecule has 3 rings (SSSR count). The lowest BCUT2D eigenvalue weighted by molar-refractivity contribution is -0.129. The van der Waals surface area contributed by atoms with Gasteiger partial charge in [0.25, 0.3) is 11.8 Å². The number of carbonyl (C=O) groups is 3. The van der Waals surface area contributed by atoms with Crippen LogP contribution < -0.4 is 5.32 Å². The third kappa shape index (κ3) is 5.12. The Balaban J connectivity index is 1.56. The van der Waals surface area contributed by atoms with Crippen molar-refractivity contribution in [1.29, 1.82) is 0 Å². The van der Waals surface area contributed by atoms with Crippen molar-refractivity contribution in [2.75, 3.05) is 32.7 Å². The average molecular weight is 418 g/mol. The van der Waals surface area contributed by atoms with E-state index in [1.807, 2.05) is 0 Å². The summed E-state index contributed by atoms with van der Waals surface area (Å²) in [4.78, 5) is 40.3. The molecule has 1 aliphatic rings. The van der Waals surface area contributed by atoms with E-state index in [0.29, 0.717) is 31.6 Å². The molecular formula is C21H21ClFN3O3. The van der Waals surface area contributed by atoms with Crippen LogP contribution in [0.3, 0.4) is 0 Å². The van der Waals surface area contributed by atoms with Crippen LogP contribution in [0.2, 0.25) is 5.02 Å². The molecule has 6 nitrogen and oxygen atoms in total. The Morgan fingerprint density at radius 1 is 0.931 bits per heavy atom. The summed E-state index contributed by atoms with van der Waals surface area (Å²) in [5.41, 5.74) is 0.332. The molecule has 0 saturated carbocycles. The van der Waals surface area contributed by atoms with Crippen molar-refractivity contribution in [2.45, 2.75) is 6.42 Å². The van der Waals surface area contributed by atoms with E-state index in [0.717, 1.165) is 0 Å². The van der Waals surface area contributed by atoms with E-state index >= 15 is 0 Å². The normalized spacial score (nSPS) is 14.3. The monoisotopic (exact) mass is 417 g/mol. The van der Waals surface area contributed by atoms with E-state index in [1.165, 1.54) is 23.1 Å². The zero-order valence-corrected chi connectivity index (χ0v) is 16.5. The van der Waals surface area contributed by atoms with Gasteiger partial charge in [0.15, 0.2) is 0 Å². The van der Waals surface area contributed by atoms with Crippen LogP contribution in [0.1, 0.15) is 27.1 Å². The number of halogens is 2. The summed E-state index contributed by atoms with van der Waals surface area (Å²) in [7, 11) is 0. The zero-order chi connectivity index (χ0) is 20.8. The lowest BCUT2D eigenvalue weighted by Crippen LogP contribution is -2.42. The van der Waals surface area contributed by atoms with Gasteiger partial charge in [-0.3, -0.25) is 14.4 Å². The van der Waals surface area contributed by atoms with Crippen LogP contribution in [-0.2, 0) is 4.79 Å². The van der Waals surface area contributed by atoms with E-state index in [-0.39, 0.29) is 35.5 Å². The van der Waals surface area contributed by atoms with Crippen LogP contribution >= 0.6 is 11.6 Å². The molecule has 152 valence electrons. The molecular weight excluding hydrogens is 397 g/mol.